The first-order valence-corrected chi connectivity index (χ1v) is 5.15. The molecule has 74 valence electrons. The molecule has 3 unspecified atom stereocenters. The summed E-state index contributed by atoms with van der Waals surface area (Å²) in [6.45, 7) is 0.815. The van der Waals surface area contributed by atoms with Crippen molar-refractivity contribution in [1.82, 2.24) is 5.01 Å². The Morgan fingerprint density at radius 2 is 2.31 bits per heavy atom. The van der Waals surface area contributed by atoms with Gasteiger partial charge < -0.3 is 5.73 Å². The molecule has 1 aliphatic carbocycles. The molecule has 2 rings (SSSR count). The van der Waals surface area contributed by atoms with Crippen molar-refractivity contribution in [2.24, 2.45) is 22.0 Å². The third-order valence-electron chi connectivity index (χ3n) is 3.29. The molecule has 0 radical (unpaired) electrons. The smallest absolute Gasteiger partial charge is 0.0952 e. The van der Waals surface area contributed by atoms with Gasteiger partial charge in [0.1, 0.15) is 0 Å². The van der Waals surface area contributed by atoms with Gasteiger partial charge in [-0.2, -0.15) is 5.11 Å². The van der Waals surface area contributed by atoms with E-state index in [-0.39, 0.29) is 0 Å². The van der Waals surface area contributed by atoms with Crippen molar-refractivity contribution in [3.8, 4) is 0 Å². The fraction of sp³-hybridized carbons (Fsp3) is 1.00. The normalized spacial score (nSPS) is 38.0. The van der Waals surface area contributed by atoms with E-state index in [9.17, 15) is 0 Å². The Morgan fingerprint density at radius 3 is 3.08 bits per heavy atom. The lowest BCUT2D eigenvalue weighted by molar-refractivity contribution is 0.186. The van der Waals surface area contributed by atoms with Crippen LogP contribution < -0.4 is 5.73 Å². The van der Waals surface area contributed by atoms with Crippen molar-refractivity contribution in [2.75, 3.05) is 13.6 Å². The molecule has 0 aromatic carbocycles. The lowest BCUT2D eigenvalue weighted by atomic mass is 9.81. The van der Waals surface area contributed by atoms with Crippen LogP contribution in [0.15, 0.2) is 10.3 Å². The van der Waals surface area contributed by atoms with Crippen molar-refractivity contribution in [3.05, 3.63) is 0 Å². The van der Waals surface area contributed by atoms with Crippen LogP contribution in [-0.4, -0.2) is 30.7 Å². The molecule has 0 aromatic heterocycles. The van der Waals surface area contributed by atoms with Gasteiger partial charge in [0.2, 0.25) is 0 Å². The predicted molar refractivity (Wildman–Crippen MR) is 51.2 cm³/mol. The first-order chi connectivity index (χ1) is 6.31. The molecule has 1 saturated carbocycles. The zero-order valence-electron chi connectivity index (χ0n) is 8.19. The molecule has 13 heavy (non-hydrogen) atoms. The topological polar surface area (TPSA) is 54.0 Å². The fourth-order valence-electron chi connectivity index (χ4n) is 2.49. The van der Waals surface area contributed by atoms with Gasteiger partial charge in [0.15, 0.2) is 0 Å². The third-order valence-corrected chi connectivity index (χ3v) is 3.29. The van der Waals surface area contributed by atoms with Crippen molar-refractivity contribution in [2.45, 2.75) is 37.8 Å². The van der Waals surface area contributed by atoms with E-state index in [0.29, 0.717) is 12.1 Å². The van der Waals surface area contributed by atoms with Crippen LogP contribution in [0.3, 0.4) is 0 Å². The highest BCUT2D eigenvalue weighted by atomic mass is 15.6. The van der Waals surface area contributed by atoms with Crippen LogP contribution in [0.5, 0.6) is 0 Å². The summed E-state index contributed by atoms with van der Waals surface area (Å²) in [5.74, 6) is 0.789. The van der Waals surface area contributed by atoms with Crippen molar-refractivity contribution >= 4 is 0 Å². The zero-order valence-corrected chi connectivity index (χ0v) is 8.19. The van der Waals surface area contributed by atoms with Gasteiger partial charge in [0, 0.05) is 7.05 Å². The summed E-state index contributed by atoms with van der Waals surface area (Å²) in [5, 5.41) is 10.4. The van der Waals surface area contributed by atoms with Crippen LogP contribution in [-0.2, 0) is 0 Å². The van der Waals surface area contributed by atoms with Gasteiger partial charge in [-0.3, -0.25) is 5.01 Å². The predicted octanol–water partition coefficient (Wildman–Crippen LogP) is 1.19. The molecule has 1 aliphatic heterocycles. The van der Waals surface area contributed by atoms with Gasteiger partial charge in [0.25, 0.3) is 0 Å². The summed E-state index contributed by atoms with van der Waals surface area (Å²) in [7, 11) is 2.03. The van der Waals surface area contributed by atoms with Crippen LogP contribution in [0.25, 0.3) is 0 Å². The Hall–Kier alpha value is -0.640. The monoisotopic (exact) mass is 182 g/mol. The summed E-state index contributed by atoms with van der Waals surface area (Å²) in [6.07, 6.45) is 4.88. The molecule has 1 heterocycles. The SMILES string of the molecule is CN1N=NC2CC(CCN)CCC21. The number of nitrogens with zero attached hydrogens (tertiary/aromatic N) is 3. The van der Waals surface area contributed by atoms with E-state index >= 15 is 0 Å². The lowest BCUT2D eigenvalue weighted by Crippen LogP contribution is -2.38. The lowest BCUT2D eigenvalue weighted by Gasteiger charge is -2.31. The Labute approximate surface area is 79.2 Å². The van der Waals surface area contributed by atoms with Gasteiger partial charge in [0.05, 0.1) is 12.1 Å². The van der Waals surface area contributed by atoms with Gasteiger partial charge >= 0.3 is 0 Å². The Morgan fingerprint density at radius 1 is 1.46 bits per heavy atom. The first-order valence-electron chi connectivity index (χ1n) is 5.15. The van der Waals surface area contributed by atoms with Gasteiger partial charge in [-0.1, -0.05) is 5.22 Å². The molecule has 0 bridgehead atoms. The van der Waals surface area contributed by atoms with Crippen LogP contribution >= 0.6 is 0 Å². The summed E-state index contributed by atoms with van der Waals surface area (Å²) < 4.78 is 0. The number of hydrogen-bond donors (Lipinski definition) is 1. The summed E-state index contributed by atoms with van der Waals surface area (Å²) in [4.78, 5) is 0. The highest BCUT2D eigenvalue weighted by Crippen LogP contribution is 2.34. The fourth-order valence-corrected chi connectivity index (χ4v) is 2.49. The van der Waals surface area contributed by atoms with Crippen molar-refractivity contribution < 1.29 is 0 Å². The highest BCUT2D eigenvalue weighted by Gasteiger charge is 2.36. The number of fused-ring (bicyclic) bond motifs is 1. The number of likely N-dealkylation sites (N-methyl/N-ethyl adjacent to an activating group) is 1. The summed E-state index contributed by atoms with van der Waals surface area (Å²) in [5.41, 5.74) is 5.56. The maximum absolute atomic E-state index is 5.56. The van der Waals surface area contributed by atoms with Crippen LogP contribution in [0.2, 0.25) is 0 Å². The highest BCUT2D eigenvalue weighted by molar-refractivity contribution is 4.91. The average Bonchev–Trinajstić information content (AvgIpc) is 2.48. The number of nitrogens with two attached hydrogens (primary N) is 1. The molecular weight excluding hydrogens is 164 g/mol. The third kappa shape index (κ3) is 1.68. The second kappa shape index (κ2) is 3.62. The number of rotatable bonds is 2. The van der Waals surface area contributed by atoms with E-state index in [1.807, 2.05) is 12.1 Å². The van der Waals surface area contributed by atoms with E-state index in [2.05, 4.69) is 10.3 Å². The molecule has 2 N–H and O–H groups in total. The minimum absolute atomic E-state index is 0.454. The minimum Gasteiger partial charge on any atom is -0.330 e. The van der Waals surface area contributed by atoms with Crippen LogP contribution in [0.1, 0.15) is 25.7 Å². The molecule has 2 aliphatic rings. The summed E-state index contributed by atoms with van der Waals surface area (Å²) >= 11 is 0. The molecular formula is C9H18N4. The molecule has 3 atom stereocenters. The molecule has 0 spiro atoms. The van der Waals surface area contributed by atoms with Crippen LogP contribution in [0.4, 0.5) is 0 Å². The Kier molecular flexibility index (Phi) is 2.49. The molecule has 4 nitrogen and oxygen atoms in total. The molecule has 0 saturated heterocycles. The second-order valence-corrected chi connectivity index (χ2v) is 4.17. The molecule has 4 heteroatoms. The quantitative estimate of drug-likeness (QED) is 0.697. The largest absolute Gasteiger partial charge is 0.330 e. The van der Waals surface area contributed by atoms with Crippen LogP contribution in [0, 0.1) is 5.92 Å². The van der Waals surface area contributed by atoms with E-state index in [1.165, 1.54) is 19.3 Å². The number of hydrogen-bond acceptors (Lipinski definition) is 4. The zero-order chi connectivity index (χ0) is 9.26. The molecule has 0 aromatic rings. The van der Waals surface area contributed by atoms with Gasteiger partial charge in [-0.15, -0.1) is 0 Å². The maximum atomic E-state index is 5.56. The summed E-state index contributed by atoms with van der Waals surface area (Å²) in [6, 6.07) is 1.03. The van der Waals surface area contributed by atoms with E-state index < -0.39 is 0 Å². The van der Waals surface area contributed by atoms with Crippen molar-refractivity contribution in [1.29, 1.82) is 0 Å². The van der Waals surface area contributed by atoms with Crippen molar-refractivity contribution in [3.63, 3.8) is 0 Å². The Balaban J connectivity index is 1.91. The maximum Gasteiger partial charge on any atom is 0.0952 e. The van der Waals surface area contributed by atoms with E-state index in [1.54, 1.807) is 0 Å². The van der Waals surface area contributed by atoms with Gasteiger partial charge in [-0.05, 0) is 38.1 Å². The standard InChI is InChI=1S/C9H18N4/c1-13-9-3-2-7(4-5-10)6-8(9)11-12-13/h7-9H,2-6,10H2,1H3. The minimum atomic E-state index is 0.454. The molecule has 0 amide bonds. The van der Waals surface area contributed by atoms with Gasteiger partial charge in [-0.25, -0.2) is 0 Å². The van der Waals surface area contributed by atoms with E-state index in [0.717, 1.165) is 18.9 Å². The molecule has 1 fully saturated rings. The average molecular weight is 182 g/mol. The van der Waals surface area contributed by atoms with E-state index in [4.69, 9.17) is 5.73 Å². The first kappa shape index (κ1) is 8.94. The second-order valence-electron chi connectivity index (χ2n) is 4.17. The Bertz CT molecular complexity index is 204.